The predicted molar refractivity (Wildman–Crippen MR) is 109 cm³/mol. The van der Waals surface area contributed by atoms with Crippen LogP contribution in [0.3, 0.4) is 0 Å². The van der Waals surface area contributed by atoms with Crippen molar-refractivity contribution in [1.29, 1.82) is 0 Å². The Balaban J connectivity index is 1.84. The highest BCUT2D eigenvalue weighted by Crippen LogP contribution is 2.50. The first-order chi connectivity index (χ1) is 13.1. The number of unbranched alkanes of at least 4 members (excludes halogenated alkanes) is 2. The first kappa shape index (κ1) is 20.9. The second kappa shape index (κ2) is 7.90. The van der Waals surface area contributed by atoms with Crippen LogP contribution in [0.5, 0.6) is 5.75 Å². The molecule has 1 aliphatic heterocycles. The Kier molecular flexibility index (Phi) is 5.89. The van der Waals surface area contributed by atoms with Crippen LogP contribution >= 0.6 is 11.8 Å². The highest BCUT2D eigenvalue weighted by molar-refractivity contribution is 8.00. The molecular formula is C22H26F3NOS. The van der Waals surface area contributed by atoms with E-state index in [0.717, 1.165) is 41.9 Å². The van der Waals surface area contributed by atoms with E-state index in [2.05, 4.69) is 26.1 Å². The summed E-state index contributed by atoms with van der Waals surface area (Å²) >= 11 is 1.43. The van der Waals surface area contributed by atoms with Gasteiger partial charge in [0.05, 0.1) is 5.56 Å². The van der Waals surface area contributed by atoms with Gasteiger partial charge in [-0.2, -0.15) is 13.2 Å². The van der Waals surface area contributed by atoms with Crippen LogP contribution in [0, 0.1) is 0 Å². The minimum Gasteiger partial charge on any atom is -0.508 e. The lowest BCUT2D eigenvalue weighted by atomic mass is 9.79. The number of nitrogens with one attached hydrogen (secondary N) is 1. The second-order valence-electron chi connectivity index (χ2n) is 7.97. The third-order valence-electron chi connectivity index (χ3n) is 5.34. The average Bonchev–Trinajstić information content (AvgIpc) is 3.04. The van der Waals surface area contributed by atoms with Gasteiger partial charge in [0.2, 0.25) is 0 Å². The Morgan fingerprint density at radius 1 is 1.04 bits per heavy atom. The minimum atomic E-state index is -4.37. The Hall–Kier alpha value is -1.82. The number of alkyl halides is 3. The molecule has 1 unspecified atom stereocenters. The molecule has 0 saturated carbocycles. The maximum atomic E-state index is 13.0. The number of halogens is 3. The van der Waals surface area contributed by atoms with Gasteiger partial charge in [0.15, 0.2) is 0 Å². The molecule has 0 spiro atoms. The van der Waals surface area contributed by atoms with E-state index in [-0.39, 0.29) is 16.5 Å². The van der Waals surface area contributed by atoms with Crippen LogP contribution in [0.15, 0.2) is 41.3 Å². The molecule has 0 aromatic heterocycles. The largest absolute Gasteiger partial charge is 0.508 e. The van der Waals surface area contributed by atoms with Crippen LogP contribution in [0.2, 0.25) is 0 Å². The van der Waals surface area contributed by atoms with Gasteiger partial charge in [-0.1, -0.05) is 57.9 Å². The number of aromatic hydroxyl groups is 1. The van der Waals surface area contributed by atoms with Crippen molar-refractivity contribution in [3.05, 3.63) is 53.1 Å². The second-order valence-corrected chi connectivity index (χ2v) is 9.11. The maximum absolute atomic E-state index is 13.0. The van der Waals surface area contributed by atoms with Crippen LogP contribution in [-0.2, 0) is 11.6 Å². The monoisotopic (exact) mass is 409 g/mol. The molecule has 3 rings (SSSR count). The minimum absolute atomic E-state index is 0.0306. The number of anilines is 1. The molecule has 1 aliphatic rings. The van der Waals surface area contributed by atoms with E-state index in [1.165, 1.54) is 24.2 Å². The van der Waals surface area contributed by atoms with Crippen molar-refractivity contribution in [1.82, 2.24) is 0 Å². The fourth-order valence-corrected chi connectivity index (χ4v) is 4.65. The third kappa shape index (κ3) is 4.43. The van der Waals surface area contributed by atoms with Crippen LogP contribution in [0.25, 0.3) is 0 Å². The first-order valence-corrected chi connectivity index (χ1v) is 10.5. The van der Waals surface area contributed by atoms with Crippen molar-refractivity contribution >= 4 is 17.4 Å². The lowest BCUT2D eigenvalue weighted by Crippen LogP contribution is -2.17. The van der Waals surface area contributed by atoms with Gasteiger partial charge < -0.3 is 10.4 Å². The molecule has 0 bridgehead atoms. The fourth-order valence-electron chi connectivity index (χ4n) is 3.51. The van der Waals surface area contributed by atoms with E-state index in [1.807, 2.05) is 12.1 Å². The molecule has 2 nitrogen and oxygen atoms in total. The number of fused-ring (bicyclic) bond motifs is 1. The molecule has 6 heteroatoms. The van der Waals surface area contributed by atoms with Crippen molar-refractivity contribution in [3.8, 4) is 5.75 Å². The van der Waals surface area contributed by atoms with Crippen LogP contribution in [0.4, 0.5) is 18.9 Å². The SMILES string of the molecule is CCCCCC(C)(C)c1ccc(O)c(C2Nc3cc(C(F)(F)F)ccc3S2)c1. The molecule has 28 heavy (non-hydrogen) atoms. The summed E-state index contributed by atoms with van der Waals surface area (Å²) in [4.78, 5) is 0.755. The summed E-state index contributed by atoms with van der Waals surface area (Å²) in [7, 11) is 0. The normalized spacial score (nSPS) is 16.7. The number of hydrogen-bond donors (Lipinski definition) is 2. The van der Waals surface area contributed by atoms with E-state index >= 15 is 0 Å². The molecule has 0 saturated heterocycles. The van der Waals surface area contributed by atoms with Gasteiger partial charge in [0, 0.05) is 16.1 Å². The summed E-state index contributed by atoms with van der Waals surface area (Å²) in [5.74, 6) is 0.155. The molecular weight excluding hydrogens is 383 g/mol. The van der Waals surface area contributed by atoms with Gasteiger partial charge in [-0.3, -0.25) is 0 Å². The van der Waals surface area contributed by atoms with Gasteiger partial charge in [0.1, 0.15) is 11.1 Å². The van der Waals surface area contributed by atoms with Crippen LogP contribution in [-0.4, -0.2) is 5.11 Å². The predicted octanol–water partition coefficient (Wildman–Crippen LogP) is 7.49. The Bertz CT molecular complexity index is 848. The van der Waals surface area contributed by atoms with Crippen LogP contribution in [0.1, 0.15) is 68.5 Å². The zero-order valence-electron chi connectivity index (χ0n) is 16.4. The zero-order valence-corrected chi connectivity index (χ0v) is 17.2. The zero-order chi connectivity index (χ0) is 20.5. The standard InChI is InChI=1S/C22H26F3NOS/c1-4-5-6-11-21(2,3)14-7-9-18(27)16(12-14)20-26-17-13-15(22(23,24)25)8-10-19(17)28-20/h7-10,12-13,20,26-27H,4-6,11H2,1-3H3. The molecule has 0 amide bonds. The fraction of sp³-hybridized carbons (Fsp3) is 0.455. The number of hydrogen-bond acceptors (Lipinski definition) is 3. The Morgan fingerprint density at radius 2 is 1.75 bits per heavy atom. The van der Waals surface area contributed by atoms with Gasteiger partial charge in [-0.05, 0) is 47.7 Å². The number of phenols is 1. The highest BCUT2D eigenvalue weighted by atomic mass is 32.2. The number of benzene rings is 2. The van der Waals surface area contributed by atoms with E-state index < -0.39 is 11.7 Å². The molecule has 0 radical (unpaired) electrons. The van der Waals surface area contributed by atoms with Crippen molar-refractivity contribution in [2.75, 3.05) is 5.32 Å². The summed E-state index contributed by atoms with van der Waals surface area (Å²) in [5.41, 5.74) is 1.59. The van der Waals surface area contributed by atoms with Gasteiger partial charge in [-0.25, -0.2) is 0 Å². The van der Waals surface area contributed by atoms with Crippen molar-refractivity contribution in [3.63, 3.8) is 0 Å². The lowest BCUT2D eigenvalue weighted by molar-refractivity contribution is -0.137. The van der Waals surface area contributed by atoms with E-state index in [4.69, 9.17) is 0 Å². The van der Waals surface area contributed by atoms with Crippen molar-refractivity contribution in [2.24, 2.45) is 0 Å². The van der Waals surface area contributed by atoms with Crippen molar-refractivity contribution < 1.29 is 18.3 Å². The molecule has 2 aromatic rings. The smallest absolute Gasteiger partial charge is 0.416 e. The molecule has 2 N–H and O–H groups in total. The summed E-state index contributed by atoms with van der Waals surface area (Å²) < 4.78 is 38.9. The number of rotatable bonds is 6. The van der Waals surface area contributed by atoms with Crippen LogP contribution < -0.4 is 5.32 Å². The van der Waals surface area contributed by atoms with E-state index in [0.29, 0.717) is 11.3 Å². The summed E-state index contributed by atoms with van der Waals surface area (Å²) in [6, 6.07) is 9.35. The van der Waals surface area contributed by atoms with E-state index in [1.54, 1.807) is 6.07 Å². The molecule has 0 fully saturated rings. The topological polar surface area (TPSA) is 32.3 Å². The van der Waals surface area contributed by atoms with Gasteiger partial charge in [-0.15, -0.1) is 0 Å². The summed E-state index contributed by atoms with van der Waals surface area (Å²) in [5, 5.41) is 13.2. The van der Waals surface area contributed by atoms with E-state index in [9.17, 15) is 18.3 Å². The number of thioether (sulfide) groups is 1. The molecule has 152 valence electrons. The molecule has 1 atom stereocenters. The van der Waals surface area contributed by atoms with Gasteiger partial charge in [0.25, 0.3) is 0 Å². The summed E-state index contributed by atoms with van der Waals surface area (Å²) in [6.45, 7) is 6.56. The third-order valence-corrected chi connectivity index (χ3v) is 6.55. The van der Waals surface area contributed by atoms with Gasteiger partial charge >= 0.3 is 6.18 Å². The number of phenolic OH excluding ortho intramolecular Hbond substituents is 1. The highest BCUT2D eigenvalue weighted by Gasteiger charge is 2.34. The molecule has 0 aliphatic carbocycles. The lowest BCUT2D eigenvalue weighted by Gasteiger charge is -2.27. The average molecular weight is 410 g/mol. The first-order valence-electron chi connectivity index (χ1n) is 9.59. The quantitative estimate of drug-likeness (QED) is 0.485. The maximum Gasteiger partial charge on any atom is 0.416 e. The Morgan fingerprint density at radius 3 is 2.43 bits per heavy atom. The Labute approximate surface area is 168 Å². The molecule has 1 heterocycles. The summed E-state index contributed by atoms with van der Waals surface area (Å²) in [6.07, 6.45) is 0.167. The van der Waals surface area contributed by atoms with Crippen molar-refractivity contribution in [2.45, 2.75) is 68.3 Å². The molecule has 2 aromatic carbocycles.